The Hall–Kier alpha value is -1.21. The lowest BCUT2D eigenvalue weighted by Crippen LogP contribution is -2.37. The third-order valence-corrected chi connectivity index (χ3v) is 3.31. The number of ether oxygens (including phenoxy) is 2. The second-order valence-corrected chi connectivity index (χ2v) is 4.63. The van der Waals surface area contributed by atoms with E-state index < -0.39 is 7.12 Å². The normalized spacial score (nSPS) is 20.9. The Morgan fingerprint density at radius 2 is 2.00 bits per heavy atom. The Kier molecular flexibility index (Phi) is 4.71. The van der Waals surface area contributed by atoms with E-state index in [9.17, 15) is 4.79 Å². The third-order valence-electron chi connectivity index (χ3n) is 3.31. The molecule has 1 saturated heterocycles. The van der Waals surface area contributed by atoms with Gasteiger partial charge in [-0.3, -0.25) is 4.79 Å². The van der Waals surface area contributed by atoms with E-state index in [4.69, 9.17) is 19.5 Å². The number of rotatable bonds is 4. The Morgan fingerprint density at radius 1 is 1.32 bits per heavy atom. The molecule has 1 unspecified atom stereocenters. The second kappa shape index (κ2) is 6.30. The van der Waals surface area contributed by atoms with E-state index in [0.717, 1.165) is 0 Å². The summed E-state index contributed by atoms with van der Waals surface area (Å²) >= 11 is 0. The first-order valence-corrected chi connectivity index (χ1v) is 6.29. The minimum atomic E-state index is -1.52. The van der Waals surface area contributed by atoms with Crippen LogP contribution in [0.1, 0.15) is 17.3 Å². The van der Waals surface area contributed by atoms with Gasteiger partial charge in [0, 0.05) is 11.5 Å². The Labute approximate surface area is 112 Å². The fourth-order valence-corrected chi connectivity index (χ4v) is 2.05. The van der Waals surface area contributed by atoms with Crippen molar-refractivity contribution in [2.75, 3.05) is 19.8 Å². The summed E-state index contributed by atoms with van der Waals surface area (Å²) in [6.45, 7) is 3.33. The molecule has 0 spiro atoms. The zero-order chi connectivity index (χ0) is 13.8. The van der Waals surface area contributed by atoms with Crippen molar-refractivity contribution in [3.8, 4) is 0 Å². The minimum absolute atomic E-state index is 0.0329. The minimum Gasteiger partial charge on any atom is -0.423 e. The van der Waals surface area contributed by atoms with Crippen molar-refractivity contribution in [2.45, 2.75) is 13.0 Å². The maximum absolute atomic E-state index is 12.3. The summed E-state index contributed by atoms with van der Waals surface area (Å²) in [7, 11) is -1.52. The smallest absolute Gasteiger partial charge is 0.423 e. The van der Waals surface area contributed by atoms with Crippen LogP contribution in [0, 0.1) is 5.92 Å². The highest BCUT2D eigenvalue weighted by Gasteiger charge is 2.28. The van der Waals surface area contributed by atoms with Gasteiger partial charge < -0.3 is 19.5 Å². The Balaban J connectivity index is 2.05. The highest BCUT2D eigenvalue weighted by atomic mass is 16.6. The number of carbonyl (C=O) groups is 1. The standard InChI is InChI=1S/C13H17BO5/c1-9(12-8-18-6-7-19-12)13(15)10-2-4-11(5-3-10)14(16)17/h2-5,9,12,16-17H,6-8H2,1H3/t9-,12?/m0/s1. The van der Waals surface area contributed by atoms with Crippen LogP contribution in [0.2, 0.25) is 0 Å². The van der Waals surface area contributed by atoms with Crippen molar-refractivity contribution in [3.63, 3.8) is 0 Å². The largest absolute Gasteiger partial charge is 0.488 e. The molecule has 6 heteroatoms. The zero-order valence-electron chi connectivity index (χ0n) is 10.8. The highest BCUT2D eigenvalue weighted by molar-refractivity contribution is 6.58. The van der Waals surface area contributed by atoms with Gasteiger partial charge in [-0.05, 0) is 5.46 Å². The average Bonchev–Trinajstić information content (AvgIpc) is 2.46. The van der Waals surface area contributed by atoms with Crippen LogP contribution in [0.5, 0.6) is 0 Å². The fraction of sp³-hybridized carbons (Fsp3) is 0.462. The van der Waals surface area contributed by atoms with Crippen LogP contribution >= 0.6 is 0 Å². The van der Waals surface area contributed by atoms with Gasteiger partial charge in [0.15, 0.2) is 5.78 Å². The molecule has 5 nitrogen and oxygen atoms in total. The number of hydrogen-bond donors (Lipinski definition) is 2. The van der Waals surface area contributed by atoms with Crippen LogP contribution < -0.4 is 5.46 Å². The van der Waals surface area contributed by atoms with Crippen molar-refractivity contribution < 1.29 is 24.3 Å². The summed E-state index contributed by atoms with van der Waals surface area (Å²) in [6, 6.07) is 6.25. The van der Waals surface area contributed by atoms with E-state index in [2.05, 4.69) is 0 Å². The van der Waals surface area contributed by atoms with Crippen molar-refractivity contribution in [3.05, 3.63) is 29.8 Å². The number of benzene rings is 1. The third kappa shape index (κ3) is 3.42. The van der Waals surface area contributed by atoms with Gasteiger partial charge in [0.1, 0.15) is 0 Å². The summed E-state index contributed by atoms with van der Waals surface area (Å²) in [5, 5.41) is 18.0. The molecule has 102 valence electrons. The quantitative estimate of drug-likeness (QED) is 0.571. The van der Waals surface area contributed by atoms with E-state index in [1.54, 1.807) is 12.1 Å². The molecule has 0 saturated carbocycles. The molecule has 2 N–H and O–H groups in total. The predicted molar refractivity (Wildman–Crippen MR) is 70.3 cm³/mol. The van der Waals surface area contributed by atoms with Gasteiger partial charge in [-0.1, -0.05) is 31.2 Å². The maximum atomic E-state index is 12.3. The van der Waals surface area contributed by atoms with Crippen molar-refractivity contribution in [1.82, 2.24) is 0 Å². The van der Waals surface area contributed by atoms with Crippen LogP contribution in [0.25, 0.3) is 0 Å². The monoisotopic (exact) mass is 264 g/mol. The molecule has 0 amide bonds. The number of ketones is 1. The lowest BCUT2D eigenvalue weighted by atomic mass is 9.79. The van der Waals surface area contributed by atoms with Gasteiger partial charge in [-0.15, -0.1) is 0 Å². The van der Waals surface area contributed by atoms with Gasteiger partial charge in [-0.25, -0.2) is 0 Å². The van der Waals surface area contributed by atoms with Crippen LogP contribution in [0.15, 0.2) is 24.3 Å². The van der Waals surface area contributed by atoms with E-state index in [1.807, 2.05) is 6.92 Å². The van der Waals surface area contributed by atoms with Crippen LogP contribution in [0.4, 0.5) is 0 Å². The highest BCUT2D eigenvalue weighted by Crippen LogP contribution is 2.17. The molecule has 0 aliphatic carbocycles. The molecule has 1 aliphatic heterocycles. The van der Waals surface area contributed by atoms with Crippen LogP contribution in [-0.4, -0.2) is 48.9 Å². The molecule has 2 atom stereocenters. The summed E-state index contributed by atoms with van der Waals surface area (Å²) in [5.74, 6) is -0.320. The molecule has 1 heterocycles. The van der Waals surface area contributed by atoms with Crippen LogP contribution in [-0.2, 0) is 9.47 Å². The Morgan fingerprint density at radius 3 is 2.53 bits per heavy atom. The van der Waals surface area contributed by atoms with E-state index >= 15 is 0 Å². The van der Waals surface area contributed by atoms with E-state index in [1.165, 1.54) is 12.1 Å². The molecule has 1 aliphatic rings. The van der Waals surface area contributed by atoms with Gasteiger partial charge in [0.05, 0.1) is 25.9 Å². The molecule has 0 bridgehead atoms. The number of carbonyl (C=O) groups excluding carboxylic acids is 1. The van der Waals surface area contributed by atoms with Gasteiger partial charge >= 0.3 is 7.12 Å². The molecule has 0 radical (unpaired) electrons. The van der Waals surface area contributed by atoms with Crippen molar-refractivity contribution in [1.29, 1.82) is 0 Å². The second-order valence-electron chi connectivity index (χ2n) is 4.63. The fourth-order valence-electron chi connectivity index (χ4n) is 2.05. The Bertz CT molecular complexity index is 425. The number of Topliss-reactive ketones (excluding diaryl/α,β-unsaturated/α-hetero) is 1. The average molecular weight is 264 g/mol. The lowest BCUT2D eigenvalue weighted by molar-refractivity contribution is -0.102. The molecule has 0 aromatic heterocycles. The maximum Gasteiger partial charge on any atom is 0.488 e. The lowest BCUT2D eigenvalue weighted by Gasteiger charge is -2.27. The summed E-state index contributed by atoms with van der Waals surface area (Å²) < 4.78 is 10.8. The first-order valence-electron chi connectivity index (χ1n) is 6.29. The van der Waals surface area contributed by atoms with Crippen molar-refractivity contribution in [2.24, 2.45) is 5.92 Å². The molecule has 19 heavy (non-hydrogen) atoms. The summed E-state index contributed by atoms with van der Waals surface area (Å²) in [4.78, 5) is 12.3. The molecule has 1 aromatic rings. The summed E-state index contributed by atoms with van der Waals surface area (Å²) in [5.41, 5.74) is 0.896. The molecule has 1 aromatic carbocycles. The van der Waals surface area contributed by atoms with Gasteiger partial charge in [0.2, 0.25) is 0 Å². The van der Waals surface area contributed by atoms with Gasteiger partial charge in [0.25, 0.3) is 0 Å². The van der Waals surface area contributed by atoms with Crippen molar-refractivity contribution >= 4 is 18.4 Å². The van der Waals surface area contributed by atoms with Crippen LogP contribution in [0.3, 0.4) is 0 Å². The topological polar surface area (TPSA) is 76.0 Å². The zero-order valence-corrected chi connectivity index (χ0v) is 10.8. The predicted octanol–water partition coefficient (Wildman–Crippen LogP) is -0.399. The summed E-state index contributed by atoms with van der Waals surface area (Å²) in [6.07, 6.45) is -0.218. The first kappa shape index (κ1) is 14.2. The first-order chi connectivity index (χ1) is 9.09. The molecule has 2 rings (SSSR count). The SMILES string of the molecule is C[C@H](C(=O)c1ccc(B(O)O)cc1)C1COCCO1. The molecular formula is C13H17BO5. The van der Waals surface area contributed by atoms with E-state index in [-0.39, 0.29) is 17.8 Å². The number of hydrogen-bond acceptors (Lipinski definition) is 5. The van der Waals surface area contributed by atoms with E-state index in [0.29, 0.717) is 30.8 Å². The molecular weight excluding hydrogens is 247 g/mol. The van der Waals surface area contributed by atoms with Gasteiger partial charge in [-0.2, -0.15) is 0 Å². The molecule has 1 fully saturated rings.